The zero-order valence-corrected chi connectivity index (χ0v) is 22.8. The Bertz CT molecular complexity index is 1330. The molecular formula is C23H32N4O8S2. The van der Waals surface area contributed by atoms with E-state index in [1.165, 1.54) is 25.3 Å². The van der Waals surface area contributed by atoms with Crippen molar-refractivity contribution in [2.45, 2.75) is 62.7 Å². The van der Waals surface area contributed by atoms with E-state index in [1.807, 2.05) is 13.8 Å². The van der Waals surface area contributed by atoms with Gasteiger partial charge in [-0.05, 0) is 43.4 Å². The average Bonchev–Trinajstić information content (AvgIpc) is 3.40. The fourth-order valence-electron chi connectivity index (χ4n) is 5.13. The fraction of sp³-hybridized carbons (Fsp3) is 0.609. The van der Waals surface area contributed by atoms with Crippen molar-refractivity contribution >= 4 is 49.1 Å². The number of ether oxygens (including phenoxy) is 2. The third-order valence-electron chi connectivity index (χ3n) is 6.73. The van der Waals surface area contributed by atoms with E-state index in [0.29, 0.717) is 25.3 Å². The van der Waals surface area contributed by atoms with Crippen molar-refractivity contribution in [3.8, 4) is 0 Å². The molecule has 12 nitrogen and oxygen atoms in total. The van der Waals surface area contributed by atoms with Gasteiger partial charge in [0.1, 0.15) is 16.6 Å². The van der Waals surface area contributed by atoms with Crippen molar-refractivity contribution in [2.75, 3.05) is 29.9 Å². The minimum absolute atomic E-state index is 0.0606. The molecule has 1 aromatic rings. The van der Waals surface area contributed by atoms with Crippen molar-refractivity contribution in [1.82, 2.24) is 4.90 Å². The highest BCUT2D eigenvalue weighted by atomic mass is 32.2. The summed E-state index contributed by atoms with van der Waals surface area (Å²) in [7, 11) is -6.50. The Balaban J connectivity index is 1.59. The van der Waals surface area contributed by atoms with Gasteiger partial charge in [-0.2, -0.15) is 8.42 Å². The van der Waals surface area contributed by atoms with E-state index in [9.17, 15) is 26.4 Å². The van der Waals surface area contributed by atoms with Gasteiger partial charge in [-0.15, -0.1) is 4.40 Å². The Morgan fingerprint density at radius 2 is 1.97 bits per heavy atom. The number of hydrogen-bond donors (Lipinski definition) is 2. The Labute approximate surface area is 216 Å². The van der Waals surface area contributed by atoms with Crippen LogP contribution in [0.15, 0.2) is 27.5 Å². The molecule has 0 aliphatic carbocycles. The van der Waals surface area contributed by atoms with Crippen molar-refractivity contribution in [3.63, 3.8) is 0 Å². The van der Waals surface area contributed by atoms with Gasteiger partial charge in [-0.3, -0.25) is 14.3 Å². The molecule has 4 rings (SSSR count). The standard InChI is InChI=1S/C23H32N4O8S2/c1-13(2)9-10-27(22-17-8-7-16(35-17)21(22)23(29)34-3)20(28)12-19-24-15-6-5-14(25-36(4,30)31)11-18(15)37(32,33)26-19/h5-6,11,13,16-17,21-22,25H,7-10,12H2,1-4H3,(H,24,26). The second-order valence-electron chi connectivity index (χ2n) is 10.00. The number of carbonyl (C=O) groups excluding carboxylic acids is 2. The second-order valence-corrected chi connectivity index (χ2v) is 13.3. The largest absolute Gasteiger partial charge is 0.469 e. The molecule has 0 radical (unpaired) electrons. The van der Waals surface area contributed by atoms with Crippen LogP contribution in [0.25, 0.3) is 0 Å². The number of amides is 1. The molecule has 3 heterocycles. The normalized spacial score (nSPS) is 25.7. The molecule has 0 spiro atoms. The molecule has 1 amide bonds. The summed E-state index contributed by atoms with van der Waals surface area (Å²) < 4.78 is 65.9. The number of fused-ring (bicyclic) bond motifs is 3. The van der Waals surface area contributed by atoms with Gasteiger partial charge < -0.3 is 19.7 Å². The quantitative estimate of drug-likeness (QED) is 0.430. The molecule has 37 heavy (non-hydrogen) atoms. The number of anilines is 2. The van der Waals surface area contributed by atoms with Crippen LogP contribution in [0.3, 0.4) is 0 Å². The SMILES string of the molecule is COC(=O)C1C2CCC(O2)C1N(CCC(C)C)C(=O)CC1=NS(=O)(=O)c2cc(NS(C)(=O)=O)ccc2N1. The molecule has 4 unspecified atom stereocenters. The van der Waals surface area contributed by atoms with Gasteiger partial charge in [0.05, 0.1) is 43.7 Å². The van der Waals surface area contributed by atoms with E-state index in [2.05, 4.69) is 14.4 Å². The predicted octanol–water partition coefficient (Wildman–Crippen LogP) is 1.55. The molecule has 2 saturated heterocycles. The summed E-state index contributed by atoms with van der Waals surface area (Å²) >= 11 is 0. The maximum Gasteiger partial charge on any atom is 0.313 e. The average molecular weight is 557 g/mol. The summed E-state index contributed by atoms with van der Waals surface area (Å²) in [6.45, 7) is 4.43. The van der Waals surface area contributed by atoms with Gasteiger partial charge >= 0.3 is 5.97 Å². The van der Waals surface area contributed by atoms with Crippen LogP contribution in [0.4, 0.5) is 11.4 Å². The smallest absolute Gasteiger partial charge is 0.313 e. The predicted molar refractivity (Wildman–Crippen MR) is 136 cm³/mol. The maximum absolute atomic E-state index is 13.6. The van der Waals surface area contributed by atoms with Crippen LogP contribution in [-0.2, 0) is 39.1 Å². The van der Waals surface area contributed by atoms with Crippen molar-refractivity contribution in [2.24, 2.45) is 16.2 Å². The number of esters is 1. The van der Waals surface area contributed by atoms with Crippen LogP contribution >= 0.6 is 0 Å². The van der Waals surface area contributed by atoms with Crippen LogP contribution in [0.1, 0.15) is 39.5 Å². The van der Waals surface area contributed by atoms with Gasteiger partial charge in [0.15, 0.2) is 0 Å². The van der Waals surface area contributed by atoms with Gasteiger partial charge in [0.25, 0.3) is 10.0 Å². The first kappa shape index (κ1) is 27.3. The Kier molecular flexibility index (Phi) is 7.55. The number of benzene rings is 1. The molecule has 0 aromatic heterocycles. The van der Waals surface area contributed by atoms with Crippen molar-refractivity contribution < 1.29 is 35.9 Å². The summed E-state index contributed by atoms with van der Waals surface area (Å²) in [6.07, 6.45) is 2.14. The van der Waals surface area contributed by atoms with Crippen LogP contribution in [0.5, 0.6) is 0 Å². The molecule has 2 fully saturated rings. The topological polar surface area (TPSA) is 161 Å². The summed E-state index contributed by atoms with van der Waals surface area (Å²) in [6, 6.07) is 3.49. The first-order valence-corrected chi connectivity index (χ1v) is 15.4. The summed E-state index contributed by atoms with van der Waals surface area (Å²) in [5.74, 6) is -1.18. The van der Waals surface area contributed by atoms with E-state index in [1.54, 1.807) is 4.90 Å². The lowest BCUT2D eigenvalue weighted by Crippen LogP contribution is -2.53. The molecule has 4 atom stereocenters. The highest BCUT2D eigenvalue weighted by Gasteiger charge is 2.56. The summed E-state index contributed by atoms with van der Waals surface area (Å²) in [5, 5.41) is 2.89. The molecule has 3 aliphatic heterocycles. The molecular weight excluding hydrogens is 524 g/mol. The lowest BCUT2D eigenvalue weighted by molar-refractivity contribution is -0.150. The monoisotopic (exact) mass is 556 g/mol. The minimum Gasteiger partial charge on any atom is -0.469 e. The number of nitrogens with one attached hydrogen (secondary N) is 2. The van der Waals surface area contributed by atoms with Gasteiger partial charge in [0, 0.05) is 12.2 Å². The highest BCUT2D eigenvalue weighted by molar-refractivity contribution is 7.92. The number of methoxy groups -OCH3 is 1. The molecule has 1 aromatic carbocycles. The number of hydrogen-bond acceptors (Lipinski definition) is 9. The van der Waals surface area contributed by atoms with Crippen LogP contribution in [0, 0.1) is 11.8 Å². The van der Waals surface area contributed by atoms with Gasteiger partial charge in [-0.25, -0.2) is 8.42 Å². The zero-order valence-electron chi connectivity index (χ0n) is 21.1. The van der Waals surface area contributed by atoms with E-state index in [-0.39, 0.29) is 46.6 Å². The molecule has 204 valence electrons. The number of carbonyl (C=O) groups is 2. The van der Waals surface area contributed by atoms with Crippen LogP contribution < -0.4 is 10.0 Å². The number of nitrogens with zero attached hydrogens (tertiary/aromatic N) is 2. The molecule has 3 aliphatic rings. The van der Waals surface area contributed by atoms with E-state index >= 15 is 0 Å². The first-order valence-electron chi connectivity index (χ1n) is 12.0. The number of sulfonamides is 2. The minimum atomic E-state index is -4.20. The fourth-order valence-corrected chi connectivity index (χ4v) is 6.85. The molecule has 2 bridgehead atoms. The maximum atomic E-state index is 13.6. The molecule has 2 N–H and O–H groups in total. The van der Waals surface area contributed by atoms with Gasteiger partial charge in [0.2, 0.25) is 15.9 Å². The van der Waals surface area contributed by atoms with E-state index in [4.69, 9.17) is 9.47 Å². The Morgan fingerprint density at radius 3 is 2.62 bits per heavy atom. The van der Waals surface area contributed by atoms with Crippen LogP contribution in [0.2, 0.25) is 0 Å². The lowest BCUT2D eigenvalue weighted by Gasteiger charge is -2.37. The molecule has 0 saturated carbocycles. The van der Waals surface area contributed by atoms with Crippen molar-refractivity contribution in [1.29, 1.82) is 0 Å². The highest BCUT2D eigenvalue weighted by Crippen LogP contribution is 2.43. The lowest BCUT2D eigenvalue weighted by atomic mass is 9.83. The Hall–Kier alpha value is -2.71. The third kappa shape index (κ3) is 5.91. The second kappa shape index (κ2) is 10.2. The number of rotatable bonds is 9. The summed E-state index contributed by atoms with van der Waals surface area (Å²) in [5.41, 5.74) is 0.257. The van der Waals surface area contributed by atoms with Crippen LogP contribution in [-0.4, -0.2) is 77.6 Å². The van der Waals surface area contributed by atoms with Crippen molar-refractivity contribution in [3.05, 3.63) is 18.2 Å². The summed E-state index contributed by atoms with van der Waals surface area (Å²) in [4.78, 5) is 27.6. The van der Waals surface area contributed by atoms with E-state index in [0.717, 1.165) is 12.7 Å². The third-order valence-corrected chi connectivity index (χ3v) is 8.69. The Morgan fingerprint density at radius 1 is 1.27 bits per heavy atom. The van der Waals surface area contributed by atoms with Gasteiger partial charge in [-0.1, -0.05) is 13.8 Å². The first-order chi connectivity index (χ1) is 17.3. The zero-order chi connectivity index (χ0) is 27.1. The number of amidine groups is 1. The molecule has 14 heteroatoms. The van der Waals surface area contributed by atoms with E-state index < -0.39 is 38.0 Å².